The van der Waals surface area contributed by atoms with Gasteiger partial charge in [-0.2, -0.15) is 0 Å². The van der Waals surface area contributed by atoms with E-state index in [1.165, 1.54) is 0 Å². The van der Waals surface area contributed by atoms with Gasteiger partial charge < -0.3 is 15.2 Å². The Morgan fingerprint density at radius 2 is 2.23 bits per heavy atom. The fraction of sp³-hybridized carbons (Fsp3) is 0.444. The second kappa shape index (κ2) is 4.67. The van der Waals surface area contributed by atoms with Crippen LogP contribution < -0.4 is 10.5 Å². The number of anilines is 1. The highest BCUT2D eigenvalue weighted by Gasteiger charge is 2.00. The van der Waals surface area contributed by atoms with Gasteiger partial charge in [0.05, 0.1) is 24.2 Å². The molecule has 2 N–H and O–H groups in total. The molecule has 0 amide bonds. The van der Waals surface area contributed by atoms with E-state index in [0.717, 1.165) is 11.4 Å². The molecule has 4 heteroatoms. The monoisotopic (exact) mass is 182 g/mol. The van der Waals surface area contributed by atoms with Gasteiger partial charge >= 0.3 is 0 Å². The largest absolute Gasteiger partial charge is 0.489 e. The third kappa shape index (κ3) is 2.91. The van der Waals surface area contributed by atoms with Crippen LogP contribution in [0, 0.1) is 6.92 Å². The molecular weight excluding hydrogens is 168 g/mol. The fourth-order valence-corrected chi connectivity index (χ4v) is 0.909. The van der Waals surface area contributed by atoms with Gasteiger partial charge in [-0.05, 0) is 6.92 Å². The molecule has 0 saturated heterocycles. The van der Waals surface area contributed by atoms with Gasteiger partial charge in [0, 0.05) is 13.2 Å². The minimum atomic E-state index is 0.516. The Balaban J connectivity index is 2.59. The first-order chi connectivity index (χ1) is 6.24. The van der Waals surface area contributed by atoms with E-state index < -0.39 is 0 Å². The van der Waals surface area contributed by atoms with Gasteiger partial charge in [0.2, 0.25) is 0 Å². The number of nitrogens with two attached hydrogens (primary N) is 1. The molecule has 0 saturated carbocycles. The molecule has 1 aromatic heterocycles. The summed E-state index contributed by atoms with van der Waals surface area (Å²) in [5, 5.41) is 0. The lowest BCUT2D eigenvalue weighted by atomic mass is 10.3. The maximum absolute atomic E-state index is 5.56. The molecule has 0 aromatic carbocycles. The predicted octanol–water partition coefficient (Wildman–Crippen LogP) is 0.997. The molecule has 4 nitrogen and oxygen atoms in total. The normalized spacial score (nSPS) is 10.0. The summed E-state index contributed by atoms with van der Waals surface area (Å²) in [7, 11) is 1.63. The highest BCUT2D eigenvalue weighted by atomic mass is 16.5. The van der Waals surface area contributed by atoms with Gasteiger partial charge in [-0.15, -0.1) is 0 Å². The van der Waals surface area contributed by atoms with Crippen LogP contribution >= 0.6 is 0 Å². The van der Waals surface area contributed by atoms with Crippen LogP contribution in [0.4, 0.5) is 5.69 Å². The van der Waals surface area contributed by atoms with Gasteiger partial charge in [-0.25, -0.2) is 0 Å². The van der Waals surface area contributed by atoms with E-state index in [1.54, 1.807) is 19.4 Å². The summed E-state index contributed by atoms with van der Waals surface area (Å²) in [6.07, 6.45) is 1.61. The zero-order chi connectivity index (χ0) is 9.68. The van der Waals surface area contributed by atoms with Crippen molar-refractivity contribution in [3.8, 4) is 5.75 Å². The van der Waals surface area contributed by atoms with Gasteiger partial charge in [-0.1, -0.05) is 0 Å². The van der Waals surface area contributed by atoms with Crippen molar-refractivity contribution in [3.05, 3.63) is 18.0 Å². The number of nitrogens with zero attached hydrogens (tertiary/aromatic N) is 1. The Kier molecular flexibility index (Phi) is 3.52. The number of nitrogen functional groups attached to an aromatic ring is 1. The lowest BCUT2D eigenvalue weighted by Gasteiger charge is -2.07. The topological polar surface area (TPSA) is 57.4 Å². The number of ether oxygens (including phenoxy) is 2. The Bertz CT molecular complexity index is 276. The van der Waals surface area contributed by atoms with Crippen molar-refractivity contribution in [3.63, 3.8) is 0 Å². The molecule has 0 radical (unpaired) electrons. The lowest BCUT2D eigenvalue weighted by molar-refractivity contribution is 0.145. The maximum Gasteiger partial charge on any atom is 0.142 e. The van der Waals surface area contributed by atoms with Crippen molar-refractivity contribution in [2.75, 3.05) is 26.1 Å². The summed E-state index contributed by atoms with van der Waals surface area (Å²) in [5.74, 6) is 0.719. The molecule has 1 rings (SSSR count). The van der Waals surface area contributed by atoms with Crippen molar-refractivity contribution in [1.82, 2.24) is 4.98 Å². The molecule has 1 heterocycles. The highest BCUT2D eigenvalue weighted by molar-refractivity contribution is 5.43. The first-order valence-electron chi connectivity index (χ1n) is 4.08. The van der Waals surface area contributed by atoms with Crippen molar-refractivity contribution in [1.29, 1.82) is 0 Å². The zero-order valence-electron chi connectivity index (χ0n) is 7.91. The molecule has 0 bridgehead atoms. The second-order valence-corrected chi connectivity index (χ2v) is 2.69. The van der Waals surface area contributed by atoms with Crippen molar-refractivity contribution >= 4 is 5.69 Å². The minimum Gasteiger partial charge on any atom is -0.489 e. The quantitative estimate of drug-likeness (QED) is 0.706. The number of hydrogen-bond donors (Lipinski definition) is 1. The molecule has 0 spiro atoms. The smallest absolute Gasteiger partial charge is 0.142 e. The third-order valence-corrected chi connectivity index (χ3v) is 1.61. The van der Waals surface area contributed by atoms with Gasteiger partial charge in [0.15, 0.2) is 0 Å². The van der Waals surface area contributed by atoms with E-state index in [9.17, 15) is 0 Å². The van der Waals surface area contributed by atoms with Crippen molar-refractivity contribution < 1.29 is 9.47 Å². The second-order valence-electron chi connectivity index (χ2n) is 2.69. The summed E-state index contributed by atoms with van der Waals surface area (Å²) in [6.45, 7) is 2.96. The Labute approximate surface area is 77.7 Å². The van der Waals surface area contributed by atoms with E-state index in [2.05, 4.69) is 4.98 Å². The van der Waals surface area contributed by atoms with Crippen LogP contribution in [0.15, 0.2) is 12.3 Å². The maximum atomic E-state index is 5.56. The van der Waals surface area contributed by atoms with Crippen LogP contribution in [0.3, 0.4) is 0 Å². The average molecular weight is 182 g/mol. The molecule has 13 heavy (non-hydrogen) atoms. The van der Waals surface area contributed by atoms with Crippen LogP contribution in [0.5, 0.6) is 5.75 Å². The molecule has 0 aliphatic rings. The average Bonchev–Trinajstić information content (AvgIpc) is 2.11. The van der Waals surface area contributed by atoms with E-state index in [0.29, 0.717) is 18.9 Å². The Morgan fingerprint density at radius 1 is 1.46 bits per heavy atom. The standard InChI is InChI=1S/C9H14N2O2/c1-7-9(13-4-3-12-2)5-8(10)6-11-7/h5-6H,3-4,10H2,1-2H3. The van der Waals surface area contributed by atoms with Gasteiger partial charge in [0.1, 0.15) is 12.4 Å². The zero-order valence-corrected chi connectivity index (χ0v) is 7.91. The van der Waals surface area contributed by atoms with E-state index >= 15 is 0 Å². The van der Waals surface area contributed by atoms with E-state index in [1.807, 2.05) is 6.92 Å². The summed E-state index contributed by atoms with van der Waals surface area (Å²) in [5.41, 5.74) is 7.01. The highest BCUT2D eigenvalue weighted by Crippen LogP contribution is 2.17. The summed E-state index contributed by atoms with van der Waals surface area (Å²) >= 11 is 0. The number of aromatic nitrogens is 1. The van der Waals surface area contributed by atoms with Crippen LogP contribution in [0.25, 0.3) is 0 Å². The predicted molar refractivity (Wildman–Crippen MR) is 50.8 cm³/mol. The number of methoxy groups -OCH3 is 1. The van der Waals surface area contributed by atoms with E-state index in [4.69, 9.17) is 15.2 Å². The molecule has 0 unspecified atom stereocenters. The number of pyridine rings is 1. The number of hydrogen-bond acceptors (Lipinski definition) is 4. The SMILES string of the molecule is COCCOc1cc(N)cnc1C. The molecule has 0 atom stereocenters. The van der Waals surface area contributed by atoms with Crippen LogP contribution in [0.2, 0.25) is 0 Å². The molecule has 1 aromatic rings. The van der Waals surface area contributed by atoms with E-state index in [-0.39, 0.29) is 0 Å². The molecule has 72 valence electrons. The van der Waals surface area contributed by atoms with Crippen LogP contribution in [-0.2, 0) is 4.74 Å². The molecular formula is C9H14N2O2. The van der Waals surface area contributed by atoms with Crippen molar-refractivity contribution in [2.45, 2.75) is 6.92 Å². The lowest BCUT2D eigenvalue weighted by Crippen LogP contribution is -2.06. The fourth-order valence-electron chi connectivity index (χ4n) is 0.909. The van der Waals surface area contributed by atoms with Gasteiger partial charge in [0.25, 0.3) is 0 Å². The first kappa shape index (κ1) is 9.80. The molecule has 0 aliphatic heterocycles. The Morgan fingerprint density at radius 3 is 2.92 bits per heavy atom. The molecule has 0 fully saturated rings. The van der Waals surface area contributed by atoms with Crippen LogP contribution in [-0.4, -0.2) is 25.3 Å². The summed E-state index contributed by atoms with van der Waals surface area (Å²) in [6, 6.07) is 1.76. The summed E-state index contributed by atoms with van der Waals surface area (Å²) < 4.78 is 10.2. The minimum absolute atomic E-state index is 0.516. The first-order valence-corrected chi connectivity index (χ1v) is 4.08. The van der Waals surface area contributed by atoms with Gasteiger partial charge in [-0.3, -0.25) is 4.98 Å². The third-order valence-electron chi connectivity index (χ3n) is 1.61. The number of rotatable bonds is 4. The summed E-state index contributed by atoms with van der Waals surface area (Å²) in [4.78, 5) is 4.07. The van der Waals surface area contributed by atoms with Crippen molar-refractivity contribution in [2.24, 2.45) is 0 Å². The molecule has 0 aliphatic carbocycles. The van der Waals surface area contributed by atoms with Crippen LogP contribution in [0.1, 0.15) is 5.69 Å². The Hall–Kier alpha value is -1.29. The number of aryl methyl sites for hydroxylation is 1.